The van der Waals surface area contributed by atoms with Gasteiger partial charge in [-0.3, -0.25) is 5.32 Å². The summed E-state index contributed by atoms with van der Waals surface area (Å²) in [6, 6.07) is 21.1. The third-order valence-electron chi connectivity index (χ3n) is 4.80. The first kappa shape index (κ1) is 24.3. The number of anilines is 1. The lowest BCUT2D eigenvalue weighted by Gasteiger charge is -2.28. The van der Waals surface area contributed by atoms with Crippen molar-refractivity contribution in [2.24, 2.45) is 0 Å². The lowest BCUT2D eigenvalue weighted by Crippen LogP contribution is -2.31. The summed E-state index contributed by atoms with van der Waals surface area (Å²) in [5, 5.41) is 21.1. The van der Waals surface area contributed by atoms with Crippen LogP contribution in [-0.2, 0) is 9.53 Å². The number of carboxylic acids is 1. The maximum absolute atomic E-state index is 14.2. The molecule has 0 saturated heterocycles. The minimum absolute atomic E-state index is 0.254. The van der Waals surface area contributed by atoms with Gasteiger partial charge in [-0.15, -0.1) is 0 Å². The Morgan fingerprint density at radius 1 is 1.00 bits per heavy atom. The van der Waals surface area contributed by atoms with E-state index in [9.17, 15) is 19.1 Å². The summed E-state index contributed by atoms with van der Waals surface area (Å²) >= 11 is 0. The van der Waals surface area contributed by atoms with E-state index < -0.39 is 35.8 Å². The first-order valence-corrected chi connectivity index (χ1v) is 10.5. The van der Waals surface area contributed by atoms with Gasteiger partial charge in [0.1, 0.15) is 11.9 Å². The van der Waals surface area contributed by atoms with Crippen LogP contribution in [0.1, 0.15) is 24.5 Å². The van der Waals surface area contributed by atoms with E-state index in [0.717, 1.165) is 12.1 Å². The van der Waals surface area contributed by atoms with Crippen molar-refractivity contribution in [3.05, 3.63) is 102 Å². The molecule has 2 atom stereocenters. The Hall–Kier alpha value is -4.33. The number of aromatic hydroxyl groups is 1. The summed E-state index contributed by atoms with van der Waals surface area (Å²) < 4.78 is 26.0. The number of benzene rings is 3. The molecule has 3 N–H and O–H groups in total. The molecule has 0 aliphatic heterocycles. The van der Waals surface area contributed by atoms with Gasteiger partial charge in [-0.2, -0.15) is 0 Å². The molecule has 0 saturated carbocycles. The van der Waals surface area contributed by atoms with Crippen molar-refractivity contribution in [1.29, 1.82) is 0 Å². The van der Waals surface area contributed by atoms with Crippen LogP contribution in [0, 0.1) is 5.82 Å². The Labute approximate surface area is 196 Å². The largest absolute Gasteiger partial charge is 0.505 e. The minimum Gasteiger partial charge on any atom is -0.505 e. The molecule has 0 bridgehead atoms. The van der Waals surface area contributed by atoms with E-state index in [1.165, 1.54) is 18.2 Å². The molecule has 3 aromatic rings. The topological polar surface area (TPSA) is 105 Å². The number of phenols is 1. The second-order valence-electron chi connectivity index (χ2n) is 7.32. The lowest BCUT2D eigenvalue weighted by atomic mass is 9.99. The molecular weight excluding hydrogens is 441 g/mol. The third-order valence-corrected chi connectivity index (χ3v) is 4.80. The van der Waals surface area contributed by atoms with Crippen LogP contribution in [0.3, 0.4) is 0 Å². The monoisotopic (exact) mass is 465 g/mol. The highest BCUT2D eigenvalue weighted by molar-refractivity contribution is 5.84. The maximum Gasteiger partial charge on any atom is 0.412 e. The van der Waals surface area contributed by atoms with Crippen molar-refractivity contribution in [1.82, 2.24) is 0 Å². The Bertz CT molecular complexity index is 1120. The number of hydrogen-bond donors (Lipinski definition) is 3. The second kappa shape index (κ2) is 12.1. The number of aliphatic carboxylic acids is 1. The van der Waals surface area contributed by atoms with Crippen molar-refractivity contribution >= 4 is 17.7 Å². The van der Waals surface area contributed by atoms with Gasteiger partial charge in [-0.05, 0) is 54.8 Å². The van der Waals surface area contributed by atoms with E-state index in [2.05, 4.69) is 5.32 Å². The quantitative estimate of drug-likeness (QED) is 0.332. The predicted molar refractivity (Wildman–Crippen MR) is 124 cm³/mol. The SMILES string of the molecule is O=C(O)/C=C/CC[C@H](Oc1ccccc1)[C@@H](OC(=O)Nc1ccccc1)c1ccc(O)c(F)c1. The van der Waals surface area contributed by atoms with Gasteiger partial charge in [0, 0.05) is 11.8 Å². The number of carboxylic acid groups (broad SMARTS) is 1. The van der Waals surface area contributed by atoms with Gasteiger partial charge in [-0.25, -0.2) is 14.0 Å². The number of halogens is 1. The van der Waals surface area contributed by atoms with Gasteiger partial charge in [0.15, 0.2) is 17.7 Å². The van der Waals surface area contributed by atoms with Crippen LogP contribution in [-0.4, -0.2) is 28.4 Å². The molecular formula is C26H24FNO6. The molecule has 0 aliphatic carbocycles. The predicted octanol–water partition coefficient (Wildman–Crippen LogP) is 5.69. The van der Waals surface area contributed by atoms with E-state index in [0.29, 0.717) is 17.9 Å². The molecule has 0 heterocycles. The molecule has 0 unspecified atom stereocenters. The summed E-state index contributed by atoms with van der Waals surface area (Å²) in [6.45, 7) is 0. The van der Waals surface area contributed by atoms with Crippen molar-refractivity contribution in [3.8, 4) is 11.5 Å². The first-order valence-electron chi connectivity index (χ1n) is 10.5. The van der Waals surface area contributed by atoms with Crippen molar-refractivity contribution in [2.45, 2.75) is 25.0 Å². The number of allylic oxidation sites excluding steroid dienone is 1. The smallest absolute Gasteiger partial charge is 0.412 e. The van der Waals surface area contributed by atoms with Gasteiger partial charge in [0.05, 0.1) is 0 Å². The highest BCUT2D eigenvalue weighted by Crippen LogP contribution is 2.31. The summed E-state index contributed by atoms with van der Waals surface area (Å²) in [5.41, 5.74) is 0.773. The summed E-state index contributed by atoms with van der Waals surface area (Å²) in [5.74, 6) is -2.01. The minimum atomic E-state index is -1.09. The number of carbonyl (C=O) groups excluding carboxylic acids is 1. The van der Waals surface area contributed by atoms with Crippen LogP contribution in [0.15, 0.2) is 91.0 Å². The van der Waals surface area contributed by atoms with Crippen LogP contribution in [0.25, 0.3) is 0 Å². The highest BCUT2D eigenvalue weighted by atomic mass is 19.1. The molecule has 0 aromatic heterocycles. The van der Waals surface area contributed by atoms with Gasteiger partial charge >= 0.3 is 12.1 Å². The summed E-state index contributed by atoms with van der Waals surface area (Å²) in [4.78, 5) is 23.5. The molecule has 7 nitrogen and oxygen atoms in total. The van der Waals surface area contributed by atoms with Gasteiger partial charge in [0.25, 0.3) is 0 Å². The van der Waals surface area contributed by atoms with Gasteiger partial charge < -0.3 is 19.7 Å². The van der Waals surface area contributed by atoms with Crippen molar-refractivity contribution in [3.63, 3.8) is 0 Å². The van der Waals surface area contributed by atoms with Crippen LogP contribution < -0.4 is 10.1 Å². The fourth-order valence-electron chi connectivity index (χ4n) is 3.23. The number of rotatable bonds is 10. The molecule has 0 aliphatic rings. The van der Waals surface area contributed by atoms with E-state index >= 15 is 0 Å². The lowest BCUT2D eigenvalue weighted by molar-refractivity contribution is -0.131. The molecule has 3 aromatic carbocycles. The zero-order valence-corrected chi connectivity index (χ0v) is 18.1. The van der Waals surface area contributed by atoms with E-state index in [4.69, 9.17) is 14.6 Å². The number of amides is 1. The molecule has 0 radical (unpaired) electrons. The average Bonchev–Trinajstić information content (AvgIpc) is 2.82. The van der Waals surface area contributed by atoms with Crippen molar-refractivity contribution < 1.29 is 33.7 Å². The Morgan fingerprint density at radius 2 is 1.68 bits per heavy atom. The van der Waals surface area contributed by atoms with E-state index in [1.54, 1.807) is 54.6 Å². The molecule has 0 fully saturated rings. The maximum atomic E-state index is 14.2. The fourth-order valence-corrected chi connectivity index (χ4v) is 3.23. The van der Waals surface area contributed by atoms with Crippen LogP contribution in [0.2, 0.25) is 0 Å². The van der Waals surface area contributed by atoms with Crippen LogP contribution in [0.4, 0.5) is 14.9 Å². The van der Waals surface area contributed by atoms with Gasteiger partial charge in [0.2, 0.25) is 0 Å². The normalized spacial score (nSPS) is 12.6. The zero-order chi connectivity index (χ0) is 24.3. The molecule has 0 spiro atoms. The number of ether oxygens (including phenoxy) is 2. The number of hydrogen-bond acceptors (Lipinski definition) is 5. The standard InChI is InChI=1S/C26H24FNO6/c27-21-17-18(15-16-22(21)29)25(34-26(32)28-19-9-3-1-4-10-19)23(13-7-8-14-24(30)31)33-20-11-5-2-6-12-20/h1-6,8-12,14-17,23,25,29H,7,13H2,(H,28,32)(H,30,31)/b14-8+/t23-,25-/m0/s1. The molecule has 176 valence electrons. The summed E-state index contributed by atoms with van der Waals surface area (Å²) in [7, 11) is 0. The third kappa shape index (κ3) is 7.37. The number of para-hydroxylation sites is 2. The zero-order valence-electron chi connectivity index (χ0n) is 18.1. The highest BCUT2D eigenvalue weighted by Gasteiger charge is 2.29. The van der Waals surface area contributed by atoms with Crippen LogP contribution in [0.5, 0.6) is 11.5 Å². The molecule has 8 heteroatoms. The summed E-state index contributed by atoms with van der Waals surface area (Å²) in [6.07, 6.45) is 0.366. The Kier molecular flexibility index (Phi) is 8.62. The molecule has 3 rings (SSSR count). The number of nitrogens with one attached hydrogen (secondary N) is 1. The average molecular weight is 465 g/mol. The van der Waals surface area contributed by atoms with Crippen LogP contribution >= 0.6 is 0 Å². The van der Waals surface area contributed by atoms with Gasteiger partial charge in [-0.1, -0.05) is 48.5 Å². The number of carbonyl (C=O) groups is 2. The fraction of sp³-hybridized carbons (Fsp3) is 0.154. The molecule has 34 heavy (non-hydrogen) atoms. The van der Waals surface area contributed by atoms with Crippen molar-refractivity contribution in [2.75, 3.05) is 5.32 Å². The van der Waals surface area contributed by atoms with E-state index in [-0.39, 0.29) is 12.0 Å². The first-order chi connectivity index (χ1) is 16.4. The second-order valence-corrected chi connectivity index (χ2v) is 7.32. The molecule has 1 amide bonds. The van der Waals surface area contributed by atoms with E-state index in [1.807, 2.05) is 6.07 Å². The Balaban J connectivity index is 1.90. The number of phenolic OH excluding ortho intramolecular Hbond substituents is 1. The Morgan fingerprint density at radius 3 is 2.32 bits per heavy atom.